The minimum atomic E-state index is -1.02. The molecule has 3 heteroatoms. The van der Waals surface area contributed by atoms with Crippen LogP contribution in [0.25, 0.3) is 0 Å². The van der Waals surface area contributed by atoms with E-state index in [0.29, 0.717) is 0 Å². The Morgan fingerprint density at radius 2 is 1.46 bits per heavy atom. The van der Waals surface area contributed by atoms with Crippen molar-refractivity contribution in [3.8, 4) is 0 Å². The Morgan fingerprint density at radius 1 is 1.08 bits per heavy atom. The van der Waals surface area contributed by atoms with E-state index in [9.17, 15) is 0 Å². The first-order valence-corrected chi connectivity index (χ1v) is 4.54. The van der Waals surface area contributed by atoms with Crippen LogP contribution in [-0.2, 0) is 14.2 Å². The highest BCUT2D eigenvalue weighted by atomic mass is 16.9. The zero-order chi connectivity index (χ0) is 10.5. The lowest BCUT2D eigenvalue weighted by Crippen LogP contribution is -2.38. The molecule has 0 rings (SSSR count). The van der Waals surface area contributed by atoms with Gasteiger partial charge in [-0.15, -0.1) is 0 Å². The van der Waals surface area contributed by atoms with Crippen LogP contribution in [0.3, 0.4) is 0 Å². The molecule has 0 unspecified atom stereocenters. The fourth-order valence-corrected chi connectivity index (χ4v) is 1.09. The van der Waals surface area contributed by atoms with Gasteiger partial charge in [-0.2, -0.15) is 0 Å². The molecule has 0 aromatic rings. The lowest BCUT2D eigenvalue weighted by atomic mass is 10.4. The SMILES string of the molecule is C=COC(C)(OC(C)C)OC(C)C. The Labute approximate surface area is 80.7 Å². The third-order valence-corrected chi connectivity index (χ3v) is 1.20. The van der Waals surface area contributed by atoms with E-state index in [1.807, 2.05) is 27.7 Å². The van der Waals surface area contributed by atoms with Crippen molar-refractivity contribution in [2.75, 3.05) is 0 Å². The van der Waals surface area contributed by atoms with Gasteiger partial charge in [0.1, 0.15) is 0 Å². The Hall–Kier alpha value is -0.540. The predicted molar refractivity (Wildman–Crippen MR) is 52.1 cm³/mol. The van der Waals surface area contributed by atoms with Gasteiger partial charge in [0.25, 0.3) is 0 Å². The summed E-state index contributed by atoms with van der Waals surface area (Å²) in [6.45, 7) is 12.9. The molecule has 0 amide bonds. The van der Waals surface area contributed by atoms with E-state index in [2.05, 4.69) is 6.58 Å². The topological polar surface area (TPSA) is 27.7 Å². The molecular formula is C10H20O3. The highest BCUT2D eigenvalue weighted by molar-refractivity contribution is 4.59. The fraction of sp³-hybridized carbons (Fsp3) is 0.800. The molecule has 0 N–H and O–H groups in total. The number of rotatable bonds is 6. The normalized spacial score (nSPS) is 12.2. The molecule has 0 atom stereocenters. The van der Waals surface area contributed by atoms with Crippen LogP contribution in [-0.4, -0.2) is 18.2 Å². The Balaban J connectivity index is 4.23. The standard InChI is InChI=1S/C10H20O3/c1-7-11-10(6,12-8(2)3)13-9(4)5/h7-9H,1H2,2-6H3. The zero-order valence-corrected chi connectivity index (χ0v) is 9.16. The molecule has 0 radical (unpaired) electrons. The van der Waals surface area contributed by atoms with Gasteiger partial charge >= 0.3 is 5.97 Å². The monoisotopic (exact) mass is 188 g/mol. The summed E-state index contributed by atoms with van der Waals surface area (Å²) in [5, 5.41) is 0. The van der Waals surface area contributed by atoms with E-state index in [1.165, 1.54) is 6.26 Å². The van der Waals surface area contributed by atoms with Gasteiger partial charge in [0, 0.05) is 6.92 Å². The Morgan fingerprint density at radius 3 is 1.69 bits per heavy atom. The van der Waals surface area contributed by atoms with E-state index in [0.717, 1.165) is 0 Å². The molecule has 0 saturated carbocycles. The minimum Gasteiger partial charge on any atom is -0.448 e. The second-order valence-corrected chi connectivity index (χ2v) is 3.48. The fourth-order valence-electron chi connectivity index (χ4n) is 1.09. The van der Waals surface area contributed by atoms with Crippen molar-refractivity contribution in [3.05, 3.63) is 12.8 Å². The van der Waals surface area contributed by atoms with Crippen LogP contribution in [0, 0.1) is 0 Å². The van der Waals surface area contributed by atoms with Crippen molar-refractivity contribution in [2.24, 2.45) is 0 Å². The van der Waals surface area contributed by atoms with Crippen LogP contribution >= 0.6 is 0 Å². The smallest absolute Gasteiger partial charge is 0.323 e. The zero-order valence-electron chi connectivity index (χ0n) is 9.16. The molecule has 0 aliphatic carbocycles. The number of hydrogen-bond acceptors (Lipinski definition) is 3. The summed E-state index contributed by atoms with van der Waals surface area (Å²) < 4.78 is 16.1. The lowest BCUT2D eigenvalue weighted by molar-refractivity contribution is -0.371. The maximum atomic E-state index is 5.47. The van der Waals surface area contributed by atoms with Gasteiger partial charge < -0.3 is 14.2 Å². The molecule has 0 aliphatic rings. The summed E-state index contributed by atoms with van der Waals surface area (Å²) in [6, 6.07) is 0. The quantitative estimate of drug-likeness (QED) is 0.474. The highest BCUT2D eigenvalue weighted by Gasteiger charge is 2.29. The molecule has 3 nitrogen and oxygen atoms in total. The van der Waals surface area contributed by atoms with Crippen molar-refractivity contribution in [3.63, 3.8) is 0 Å². The van der Waals surface area contributed by atoms with E-state index in [4.69, 9.17) is 14.2 Å². The molecule has 13 heavy (non-hydrogen) atoms. The van der Waals surface area contributed by atoms with Gasteiger partial charge in [-0.25, -0.2) is 0 Å². The van der Waals surface area contributed by atoms with Crippen molar-refractivity contribution in [2.45, 2.75) is 52.8 Å². The third kappa shape index (κ3) is 5.66. The summed E-state index contributed by atoms with van der Waals surface area (Å²) in [4.78, 5) is 0. The minimum absolute atomic E-state index is 0.0451. The van der Waals surface area contributed by atoms with Crippen molar-refractivity contribution in [1.82, 2.24) is 0 Å². The highest BCUT2D eigenvalue weighted by Crippen LogP contribution is 2.19. The van der Waals surface area contributed by atoms with Crippen LogP contribution in [0.5, 0.6) is 0 Å². The first-order chi connectivity index (χ1) is 5.89. The van der Waals surface area contributed by atoms with Crippen LogP contribution < -0.4 is 0 Å². The maximum Gasteiger partial charge on any atom is 0.323 e. The first kappa shape index (κ1) is 12.5. The molecule has 0 aromatic carbocycles. The molecule has 0 aliphatic heterocycles. The largest absolute Gasteiger partial charge is 0.448 e. The second kappa shape index (κ2) is 5.25. The van der Waals surface area contributed by atoms with Gasteiger partial charge in [0.05, 0.1) is 18.5 Å². The van der Waals surface area contributed by atoms with Gasteiger partial charge in [-0.3, -0.25) is 0 Å². The van der Waals surface area contributed by atoms with E-state index >= 15 is 0 Å². The predicted octanol–water partition coefficient (Wildman–Crippen LogP) is 2.67. The molecule has 0 saturated heterocycles. The molecule has 78 valence electrons. The van der Waals surface area contributed by atoms with Crippen molar-refractivity contribution < 1.29 is 14.2 Å². The molecule has 0 spiro atoms. The van der Waals surface area contributed by atoms with Crippen LogP contribution in [0.2, 0.25) is 0 Å². The van der Waals surface area contributed by atoms with E-state index < -0.39 is 5.97 Å². The van der Waals surface area contributed by atoms with Crippen molar-refractivity contribution >= 4 is 0 Å². The summed E-state index contributed by atoms with van der Waals surface area (Å²) in [5.41, 5.74) is 0. The molecule has 0 fully saturated rings. The van der Waals surface area contributed by atoms with Gasteiger partial charge in [0.2, 0.25) is 0 Å². The van der Waals surface area contributed by atoms with Crippen molar-refractivity contribution in [1.29, 1.82) is 0 Å². The van der Waals surface area contributed by atoms with Crippen LogP contribution in [0.1, 0.15) is 34.6 Å². The number of ether oxygens (including phenoxy) is 3. The van der Waals surface area contributed by atoms with Gasteiger partial charge in [-0.1, -0.05) is 6.58 Å². The summed E-state index contributed by atoms with van der Waals surface area (Å²) in [6.07, 6.45) is 1.41. The molecule has 0 heterocycles. The summed E-state index contributed by atoms with van der Waals surface area (Å²) >= 11 is 0. The third-order valence-electron chi connectivity index (χ3n) is 1.20. The molecule has 0 aromatic heterocycles. The summed E-state index contributed by atoms with van der Waals surface area (Å²) in [7, 11) is 0. The average molecular weight is 188 g/mol. The second-order valence-electron chi connectivity index (χ2n) is 3.48. The number of hydrogen-bond donors (Lipinski definition) is 0. The maximum absolute atomic E-state index is 5.47. The molecular weight excluding hydrogens is 168 g/mol. The van der Waals surface area contributed by atoms with Crippen LogP contribution in [0.4, 0.5) is 0 Å². The van der Waals surface area contributed by atoms with Gasteiger partial charge in [0.15, 0.2) is 0 Å². The van der Waals surface area contributed by atoms with Gasteiger partial charge in [-0.05, 0) is 27.7 Å². The van der Waals surface area contributed by atoms with E-state index in [-0.39, 0.29) is 12.2 Å². The first-order valence-electron chi connectivity index (χ1n) is 4.54. The van der Waals surface area contributed by atoms with E-state index in [1.54, 1.807) is 6.92 Å². The average Bonchev–Trinajstić information content (AvgIpc) is 1.81. The molecule has 0 bridgehead atoms. The Bertz CT molecular complexity index is 142. The summed E-state index contributed by atoms with van der Waals surface area (Å²) in [5.74, 6) is -1.02. The lowest BCUT2D eigenvalue weighted by Gasteiger charge is -2.31. The van der Waals surface area contributed by atoms with Crippen LogP contribution in [0.15, 0.2) is 12.8 Å². The Kier molecular flexibility index (Phi) is 5.03.